The largest absolute Gasteiger partial charge is 0.370 e. The fraction of sp³-hybridized carbons (Fsp3) is 0.214. The smallest absolute Gasteiger partial charge is 0.258 e. The Kier molecular flexibility index (Phi) is 4.53. The minimum absolute atomic E-state index is 0.303. The zero-order valence-corrected chi connectivity index (χ0v) is 12.0. The number of anilines is 2. The normalized spacial score (nSPS) is 10.2. The summed E-state index contributed by atoms with van der Waals surface area (Å²) in [6, 6.07) is 5.31. The van der Waals surface area contributed by atoms with E-state index in [1.807, 2.05) is 26.0 Å². The molecule has 0 aliphatic heterocycles. The van der Waals surface area contributed by atoms with Crippen LogP contribution < -0.4 is 10.6 Å². The molecule has 0 unspecified atom stereocenters. The molecular weight excluding hydrogens is 276 g/mol. The Balaban J connectivity index is 2.25. The predicted octanol–water partition coefficient (Wildman–Crippen LogP) is 3.12. The highest BCUT2D eigenvalue weighted by Gasteiger charge is 2.13. The van der Waals surface area contributed by atoms with Gasteiger partial charge in [0.05, 0.1) is 10.6 Å². The van der Waals surface area contributed by atoms with Crippen LogP contribution in [0.25, 0.3) is 0 Å². The minimum Gasteiger partial charge on any atom is -0.370 e. The highest BCUT2D eigenvalue weighted by molar-refractivity contribution is 6.34. The number of aromatic nitrogens is 2. The lowest BCUT2D eigenvalue weighted by molar-refractivity contribution is 0.102. The molecule has 5 nitrogen and oxygen atoms in total. The highest BCUT2D eigenvalue weighted by Crippen LogP contribution is 2.20. The second-order valence-electron chi connectivity index (χ2n) is 4.20. The van der Waals surface area contributed by atoms with Crippen molar-refractivity contribution in [2.24, 2.45) is 0 Å². The number of amides is 1. The van der Waals surface area contributed by atoms with Gasteiger partial charge < -0.3 is 10.6 Å². The van der Waals surface area contributed by atoms with Crippen LogP contribution in [-0.4, -0.2) is 22.4 Å². The van der Waals surface area contributed by atoms with E-state index in [9.17, 15) is 4.79 Å². The van der Waals surface area contributed by atoms with E-state index in [0.717, 1.165) is 12.1 Å². The third-order valence-electron chi connectivity index (χ3n) is 2.70. The summed E-state index contributed by atoms with van der Waals surface area (Å²) in [5.74, 6) is 0.827. The molecule has 0 spiro atoms. The van der Waals surface area contributed by atoms with Crippen molar-refractivity contribution in [1.82, 2.24) is 9.97 Å². The Bertz CT molecular complexity index is 630. The van der Waals surface area contributed by atoms with Crippen molar-refractivity contribution in [3.05, 3.63) is 46.7 Å². The van der Waals surface area contributed by atoms with E-state index in [4.69, 9.17) is 11.6 Å². The maximum Gasteiger partial charge on any atom is 0.258 e. The Morgan fingerprint density at radius 2 is 2.20 bits per heavy atom. The van der Waals surface area contributed by atoms with E-state index in [0.29, 0.717) is 22.2 Å². The van der Waals surface area contributed by atoms with Crippen LogP contribution in [0.4, 0.5) is 11.6 Å². The van der Waals surface area contributed by atoms with Gasteiger partial charge in [-0.3, -0.25) is 4.79 Å². The number of carbonyl (C=O) groups excluding carboxylic acids is 1. The number of carbonyl (C=O) groups is 1. The molecular formula is C14H15ClN4O. The van der Waals surface area contributed by atoms with Crippen LogP contribution >= 0.6 is 11.6 Å². The maximum atomic E-state index is 12.3. The first kappa shape index (κ1) is 14.3. The molecule has 104 valence electrons. The minimum atomic E-state index is -0.307. The Hall–Kier alpha value is -2.14. The molecule has 1 amide bonds. The molecule has 0 aliphatic rings. The number of hydrogen-bond donors (Lipinski definition) is 2. The maximum absolute atomic E-state index is 12.3. The zero-order valence-electron chi connectivity index (χ0n) is 11.3. The molecule has 0 radical (unpaired) electrons. The first-order valence-electron chi connectivity index (χ1n) is 6.24. The second kappa shape index (κ2) is 6.34. The third-order valence-corrected chi connectivity index (χ3v) is 3.00. The van der Waals surface area contributed by atoms with Crippen LogP contribution in [-0.2, 0) is 0 Å². The van der Waals surface area contributed by atoms with Gasteiger partial charge in [0.1, 0.15) is 11.6 Å². The molecule has 6 heteroatoms. The third kappa shape index (κ3) is 3.24. The number of hydrogen-bond acceptors (Lipinski definition) is 4. The van der Waals surface area contributed by atoms with Crippen molar-refractivity contribution in [3.63, 3.8) is 0 Å². The van der Waals surface area contributed by atoms with Crippen LogP contribution in [0.15, 0.2) is 30.6 Å². The lowest BCUT2D eigenvalue weighted by Gasteiger charge is -2.09. The molecule has 0 aromatic carbocycles. The van der Waals surface area contributed by atoms with Crippen molar-refractivity contribution in [3.8, 4) is 0 Å². The van der Waals surface area contributed by atoms with Gasteiger partial charge in [0.15, 0.2) is 0 Å². The van der Waals surface area contributed by atoms with Gasteiger partial charge in [0, 0.05) is 18.9 Å². The monoisotopic (exact) mass is 290 g/mol. The van der Waals surface area contributed by atoms with Gasteiger partial charge in [-0.05, 0) is 31.5 Å². The van der Waals surface area contributed by atoms with Gasteiger partial charge in [-0.25, -0.2) is 9.97 Å². The summed E-state index contributed by atoms with van der Waals surface area (Å²) >= 11 is 6.03. The first-order valence-corrected chi connectivity index (χ1v) is 6.62. The average molecular weight is 291 g/mol. The summed E-state index contributed by atoms with van der Waals surface area (Å²) in [5, 5.41) is 6.09. The van der Waals surface area contributed by atoms with Crippen molar-refractivity contribution in [2.45, 2.75) is 13.8 Å². The molecule has 2 heterocycles. The van der Waals surface area contributed by atoms with Crippen molar-refractivity contribution in [2.75, 3.05) is 17.2 Å². The van der Waals surface area contributed by atoms with Crippen LogP contribution in [0.2, 0.25) is 5.02 Å². The van der Waals surface area contributed by atoms with E-state index in [-0.39, 0.29) is 5.91 Å². The first-order chi connectivity index (χ1) is 9.61. The molecule has 0 fully saturated rings. The summed E-state index contributed by atoms with van der Waals surface area (Å²) in [5.41, 5.74) is 1.25. The standard InChI is InChI=1S/C14H15ClN4O/c1-3-16-12-7-10(11(15)8-18-12)14(20)19-13-9(2)5-4-6-17-13/h4-8H,3H2,1-2H3,(H,16,18)(H,17,19,20). The van der Waals surface area contributed by atoms with Crippen molar-refractivity contribution in [1.29, 1.82) is 0 Å². The summed E-state index contributed by atoms with van der Waals surface area (Å²) in [6.07, 6.45) is 3.08. The highest BCUT2D eigenvalue weighted by atomic mass is 35.5. The van der Waals surface area contributed by atoms with Crippen molar-refractivity contribution >= 4 is 29.1 Å². The molecule has 2 N–H and O–H groups in total. The zero-order chi connectivity index (χ0) is 14.5. The van der Waals surface area contributed by atoms with E-state index in [1.165, 1.54) is 6.20 Å². The molecule has 0 atom stereocenters. The molecule has 2 aromatic heterocycles. The number of nitrogens with one attached hydrogen (secondary N) is 2. The van der Waals surface area contributed by atoms with Crippen LogP contribution in [0, 0.1) is 6.92 Å². The van der Waals surface area contributed by atoms with Gasteiger partial charge in [-0.15, -0.1) is 0 Å². The summed E-state index contributed by atoms with van der Waals surface area (Å²) < 4.78 is 0. The summed E-state index contributed by atoms with van der Waals surface area (Å²) in [4.78, 5) is 20.5. The molecule has 0 saturated carbocycles. The van der Waals surface area contributed by atoms with E-state index in [1.54, 1.807) is 12.3 Å². The van der Waals surface area contributed by atoms with E-state index in [2.05, 4.69) is 20.6 Å². The van der Waals surface area contributed by atoms with Gasteiger partial charge in [0.2, 0.25) is 0 Å². The van der Waals surface area contributed by atoms with E-state index < -0.39 is 0 Å². The quantitative estimate of drug-likeness (QED) is 0.908. The topological polar surface area (TPSA) is 66.9 Å². The number of nitrogens with zero attached hydrogens (tertiary/aromatic N) is 2. The number of halogens is 1. The summed E-state index contributed by atoms with van der Waals surface area (Å²) in [7, 11) is 0. The van der Waals surface area contributed by atoms with Crippen LogP contribution in [0.5, 0.6) is 0 Å². The van der Waals surface area contributed by atoms with Crippen molar-refractivity contribution < 1.29 is 4.79 Å². The molecule has 0 saturated heterocycles. The molecule has 0 bridgehead atoms. The summed E-state index contributed by atoms with van der Waals surface area (Å²) in [6.45, 7) is 4.54. The second-order valence-corrected chi connectivity index (χ2v) is 4.61. The lowest BCUT2D eigenvalue weighted by Crippen LogP contribution is -2.15. The van der Waals surface area contributed by atoms with Crippen LogP contribution in [0.3, 0.4) is 0 Å². The number of pyridine rings is 2. The molecule has 20 heavy (non-hydrogen) atoms. The Labute approximate surface area is 122 Å². The van der Waals surface area contributed by atoms with Gasteiger partial charge in [-0.2, -0.15) is 0 Å². The molecule has 0 aliphatic carbocycles. The van der Waals surface area contributed by atoms with Crippen LogP contribution in [0.1, 0.15) is 22.8 Å². The van der Waals surface area contributed by atoms with E-state index >= 15 is 0 Å². The Morgan fingerprint density at radius 1 is 1.40 bits per heavy atom. The van der Waals surface area contributed by atoms with Gasteiger partial charge >= 0.3 is 0 Å². The van der Waals surface area contributed by atoms with Gasteiger partial charge in [-0.1, -0.05) is 17.7 Å². The fourth-order valence-corrected chi connectivity index (χ4v) is 1.87. The number of rotatable bonds is 4. The molecule has 2 rings (SSSR count). The Morgan fingerprint density at radius 3 is 2.90 bits per heavy atom. The fourth-order valence-electron chi connectivity index (χ4n) is 1.68. The number of aryl methyl sites for hydroxylation is 1. The lowest BCUT2D eigenvalue weighted by atomic mass is 10.2. The van der Waals surface area contributed by atoms with Gasteiger partial charge in [0.25, 0.3) is 5.91 Å². The SMILES string of the molecule is CCNc1cc(C(=O)Nc2ncccc2C)c(Cl)cn1. The predicted molar refractivity (Wildman–Crippen MR) is 80.3 cm³/mol. The average Bonchev–Trinajstić information content (AvgIpc) is 2.43. The molecule has 2 aromatic rings.